The number of aliphatic hydroxyl groups excluding tert-OH is 1. The van der Waals surface area contributed by atoms with Crippen molar-refractivity contribution >= 4 is 11.6 Å². The van der Waals surface area contributed by atoms with Gasteiger partial charge in [0.2, 0.25) is 5.91 Å². The van der Waals surface area contributed by atoms with Crippen molar-refractivity contribution in [3.05, 3.63) is 29.3 Å². The Morgan fingerprint density at radius 3 is 2.38 bits per heavy atom. The maximum absolute atomic E-state index is 12.2. The number of aliphatic hydroxyl groups is 1. The molecular formula is C20H34N2O2. The molecule has 1 rings (SSSR count). The van der Waals surface area contributed by atoms with Gasteiger partial charge in [0, 0.05) is 30.1 Å². The molecule has 0 saturated heterocycles. The van der Waals surface area contributed by atoms with E-state index in [0.717, 1.165) is 11.3 Å². The zero-order valence-corrected chi connectivity index (χ0v) is 16.2. The predicted octanol–water partition coefficient (Wildman–Crippen LogP) is 3.65. The third kappa shape index (κ3) is 6.25. The van der Waals surface area contributed by atoms with Gasteiger partial charge in [-0.25, -0.2) is 0 Å². The van der Waals surface area contributed by atoms with Gasteiger partial charge in [-0.1, -0.05) is 45.4 Å². The number of amides is 1. The number of aryl methyl sites for hydroxylation is 2. The van der Waals surface area contributed by atoms with Crippen LogP contribution in [0.1, 0.15) is 52.2 Å². The van der Waals surface area contributed by atoms with Crippen LogP contribution in [0.4, 0.5) is 5.69 Å². The fraction of sp³-hybridized carbons (Fsp3) is 0.650. The van der Waals surface area contributed by atoms with E-state index in [2.05, 4.69) is 16.7 Å². The Bertz CT molecular complexity index is 553. The summed E-state index contributed by atoms with van der Waals surface area (Å²) in [6.07, 6.45) is 0.0301. The predicted molar refractivity (Wildman–Crippen MR) is 101 cm³/mol. The topological polar surface area (TPSA) is 61.4 Å². The van der Waals surface area contributed by atoms with E-state index in [0.29, 0.717) is 13.0 Å². The summed E-state index contributed by atoms with van der Waals surface area (Å²) in [5.41, 5.74) is 2.90. The van der Waals surface area contributed by atoms with Gasteiger partial charge in [0.1, 0.15) is 0 Å². The Morgan fingerprint density at radius 2 is 1.83 bits per heavy atom. The lowest BCUT2D eigenvalue weighted by Gasteiger charge is -2.34. The molecule has 2 unspecified atom stereocenters. The molecule has 1 amide bonds. The van der Waals surface area contributed by atoms with Crippen LogP contribution in [-0.4, -0.2) is 29.7 Å². The van der Waals surface area contributed by atoms with Crippen LogP contribution >= 0.6 is 0 Å². The zero-order valence-electron chi connectivity index (χ0n) is 16.2. The van der Waals surface area contributed by atoms with Gasteiger partial charge in [-0.2, -0.15) is 0 Å². The monoisotopic (exact) mass is 334 g/mol. The summed E-state index contributed by atoms with van der Waals surface area (Å²) < 4.78 is 0. The number of hydrogen-bond acceptors (Lipinski definition) is 3. The summed E-state index contributed by atoms with van der Waals surface area (Å²) in [4.78, 5) is 12.2. The standard InChI is InChI=1S/C20H34N2O2/c1-13(2)19(24)20(6,7)12-21-16(5)11-18(23)22-17-9-8-14(3)10-15(17)4/h8-10,13,16,19,21,24H,11-12H2,1-7H3,(H,22,23). The largest absolute Gasteiger partial charge is 0.392 e. The summed E-state index contributed by atoms with van der Waals surface area (Å²) >= 11 is 0. The molecule has 0 spiro atoms. The van der Waals surface area contributed by atoms with Crippen molar-refractivity contribution in [3.8, 4) is 0 Å². The van der Waals surface area contributed by atoms with Gasteiger partial charge in [-0.3, -0.25) is 4.79 Å². The summed E-state index contributed by atoms with van der Waals surface area (Å²) in [5, 5.41) is 16.6. The molecule has 0 aliphatic carbocycles. The Kier molecular flexibility index (Phi) is 7.43. The number of hydrogen-bond donors (Lipinski definition) is 3. The molecule has 0 heterocycles. The van der Waals surface area contributed by atoms with Crippen molar-refractivity contribution in [3.63, 3.8) is 0 Å². The fourth-order valence-corrected chi connectivity index (χ4v) is 2.95. The Morgan fingerprint density at radius 1 is 1.21 bits per heavy atom. The van der Waals surface area contributed by atoms with Crippen molar-refractivity contribution in [2.45, 2.75) is 67.0 Å². The minimum atomic E-state index is -0.374. The lowest BCUT2D eigenvalue weighted by atomic mass is 9.80. The van der Waals surface area contributed by atoms with Crippen molar-refractivity contribution in [1.29, 1.82) is 0 Å². The lowest BCUT2D eigenvalue weighted by Crippen LogP contribution is -2.44. The first-order valence-electron chi connectivity index (χ1n) is 8.81. The highest BCUT2D eigenvalue weighted by molar-refractivity contribution is 5.91. The van der Waals surface area contributed by atoms with Crippen LogP contribution in [0.5, 0.6) is 0 Å². The minimum Gasteiger partial charge on any atom is -0.392 e. The molecule has 0 fully saturated rings. The molecule has 4 nitrogen and oxygen atoms in total. The number of carbonyl (C=O) groups excluding carboxylic acids is 1. The Balaban J connectivity index is 2.50. The molecular weight excluding hydrogens is 300 g/mol. The van der Waals surface area contributed by atoms with E-state index in [4.69, 9.17) is 0 Å². The van der Waals surface area contributed by atoms with E-state index in [1.165, 1.54) is 5.56 Å². The highest BCUT2D eigenvalue weighted by Crippen LogP contribution is 2.25. The number of rotatable bonds is 8. The summed E-state index contributed by atoms with van der Waals surface area (Å²) in [5.74, 6) is 0.217. The van der Waals surface area contributed by atoms with E-state index in [-0.39, 0.29) is 29.4 Å². The molecule has 0 aromatic heterocycles. The molecule has 1 aromatic carbocycles. The van der Waals surface area contributed by atoms with Crippen LogP contribution in [-0.2, 0) is 4.79 Å². The van der Waals surface area contributed by atoms with Gasteiger partial charge < -0.3 is 15.7 Å². The number of anilines is 1. The van der Waals surface area contributed by atoms with E-state index in [1.807, 2.05) is 60.6 Å². The van der Waals surface area contributed by atoms with Crippen LogP contribution in [0, 0.1) is 25.2 Å². The average Bonchev–Trinajstić information content (AvgIpc) is 2.47. The summed E-state index contributed by atoms with van der Waals surface area (Å²) in [6, 6.07) is 6.06. The molecule has 0 saturated carbocycles. The minimum absolute atomic E-state index is 0.00386. The summed E-state index contributed by atoms with van der Waals surface area (Å²) in [7, 11) is 0. The SMILES string of the molecule is Cc1ccc(NC(=O)CC(C)NCC(C)(C)C(O)C(C)C)c(C)c1. The van der Waals surface area contributed by atoms with Crippen LogP contribution < -0.4 is 10.6 Å². The van der Waals surface area contributed by atoms with Gasteiger partial charge in [-0.05, 0) is 38.3 Å². The van der Waals surface area contributed by atoms with Crippen LogP contribution in [0.2, 0.25) is 0 Å². The number of benzene rings is 1. The van der Waals surface area contributed by atoms with Crippen LogP contribution in [0.3, 0.4) is 0 Å². The van der Waals surface area contributed by atoms with Crippen LogP contribution in [0.15, 0.2) is 18.2 Å². The van der Waals surface area contributed by atoms with E-state index < -0.39 is 0 Å². The molecule has 0 aliphatic rings. The highest BCUT2D eigenvalue weighted by atomic mass is 16.3. The second-order valence-electron chi connectivity index (χ2n) is 8.03. The normalized spacial score (nSPS) is 14.5. The first-order chi connectivity index (χ1) is 11.0. The van der Waals surface area contributed by atoms with Crippen molar-refractivity contribution < 1.29 is 9.90 Å². The first-order valence-corrected chi connectivity index (χ1v) is 8.81. The van der Waals surface area contributed by atoms with Gasteiger partial charge in [0.25, 0.3) is 0 Å². The molecule has 2 atom stereocenters. The third-order valence-corrected chi connectivity index (χ3v) is 4.49. The van der Waals surface area contributed by atoms with Gasteiger partial charge >= 0.3 is 0 Å². The summed E-state index contributed by atoms with van der Waals surface area (Å²) in [6.45, 7) is 14.8. The van der Waals surface area contributed by atoms with E-state index in [9.17, 15) is 9.90 Å². The van der Waals surface area contributed by atoms with Gasteiger partial charge in [0.15, 0.2) is 0 Å². The third-order valence-electron chi connectivity index (χ3n) is 4.49. The molecule has 0 radical (unpaired) electrons. The Labute approximate surface area is 147 Å². The maximum Gasteiger partial charge on any atom is 0.225 e. The quantitative estimate of drug-likeness (QED) is 0.680. The molecule has 0 aliphatic heterocycles. The zero-order chi connectivity index (χ0) is 18.5. The van der Waals surface area contributed by atoms with Gasteiger partial charge in [-0.15, -0.1) is 0 Å². The maximum atomic E-state index is 12.2. The lowest BCUT2D eigenvalue weighted by molar-refractivity contribution is -0.116. The van der Waals surface area contributed by atoms with Crippen molar-refractivity contribution in [1.82, 2.24) is 5.32 Å². The second kappa shape index (κ2) is 8.63. The molecule has 1 aromatic rings. The smallest absolute Gasteiger partial charge is 0.225 e. The van der Waals surface area contributed by atoms with Gasteiger partial charge in [0.05, 0.1) is 6.10 Å². The first kappa shape index (κ1) is 20.7. The Hall–Kier alpha value is -1.39. The highest BCUT2D eigenvalue weighted by Gasteiger charge is 2.30. The number of carbonyl (C=O) groups is 1. The second-order valence-corrected chi connectivity index (χ2v) is 8.03. The van der Waals surface area contributed by atoms with Crippen molar-refractivity contribution in [2.24, 2.45) is 11.3 Å². The van der Waals surface area contributed by atoms with Crippen LogP contribution in [0.25, 0.3) is 0 Å². The molecule has 24 heavy (non-hydrogen) atoms. The molecule has 3 N–H and O–H groups in total. The fourth-order valence-electron chi connectivity index (χ4n) is 2.95. The van der Waals surface area contributed by atoms with E-state index in [1.54, 1.807) is 0 Å². The molecule has 0 bridgehead atoms. The van der Waals surface area contributed by atoms with Crippen molar-refractivity contribution in [2.75, 3.05) is 11.9 Å². The average molecular weight is 335 g/mol. The number of nitrogens with one attached hydrogen (secondary N) is 2. The molecule has 4 heteroatoms. The molecule has 136 valence electrons. The van der Waals surface area contributed by atoms with E-state index >= 15 is 0 Å².